The summed E-state index contributed by atoms with van der Waals surface area (Å²) < 4.78 is 48.3. The van der Waals surface area contributed by atoms with Crippen LogP contribution in [0, 0.1) is 26.7 Å². The number of halogens is 3. The molecule has 1 unspecified atom stereocenters. The van der Waals surface area contributed by atoms with Gasteiger partial charge in [-0.2, -0.15) is 8.42 Å². The molecule has 2 N–H and O–H groups in total. The fourth-order valence-electron chi connectivity index (χ4n) is 3.37. The number of nitrogens with zero attached hydrogens (tertiary/aromatic N) is 1. The molecule has 0 aliphatic rings. The van der Waals surface area contributed by atoms with Gasteiger partial charge in [0.25, 0.3) is 10.1 Å². The predicted molar refractivity (Wildman–Crippen MR) is 177 cm³/mol. The number of ether oxygens (including phenoxy) is 3. The molecule has 0 radical (unpaired) electrons. The number of hydrogen-bond acceptors (Lipinski definition) is 10. The largest absolute Gasteiger partial charge is 0.461 e. The van der Waals surface area contributed by atoms with Crippen LogP contribution in [0.1, 0.15) is 50.0 Å². The lowest BCUT2D eigenvalue weighted by Crippen LogP contribution is -2.28. The van der Waals surface area contributed by atoms with E-state index in [9.17, 15) is 32.9 Å². The second-order valence-corrected chi connectivity index (χ2v) is 14.7. The monoisotopic (exact) mass is 944 g/mol. The first-order valence-electron chi connectivity index (χ1n) is 12.1. The minimum Gasteiger partial charge on any atom is -0.461 e. The number of anilines is 1. The van der Waals surface area contributed by atoms with E-state index in [-0.39, 0.29) is 12.0 Å². The second kappa shape index (κ2) is 15.2. The summed E-state index contributed by atoms with van der Waals surface area (Å²) in [7, 11) is -4.37. The van der Waals surface area contributed by atoms with Crippen molar-refractivity contribution < 1.29 is 46.5 Å². The van der Waals surface area contributed by atoms with E-state index in [4.69, 9.17) is 18.8 Å². The van der Waals surface area contributed by atoms with E-state index in [1.54, 1.807) is 27.7 Å². The first-order chi connectivity index (χ1) is 19.3. The van der Waals surface area contributed by atoms with Gasteiger partial charge in [-0.15, -0.1) is 0 Å². The van der Waals surface area contributed by atoms with Gasteiger partial charge in [-0.1, -0.05) is 6.92 Å². The molecule has 0 saturated carbocycles. The third kappa shape index (κ3) is 11.0. The molecule has 0 spiro atoms. The minimum atomic E-state index is -4.37. The highest BCUT2D eigenvalue weighted by Gasteiger charge is 2.28. The number of esters is 2. The van der Waals surface area contributed by atoms with Crippen LogP contribution in [-0.4, -0.2) is 53.9 Å². The van der Waals surface area contributed by atoms with Gasteiger partial charge < -0.3 is 14.2 Å². The number of hydrogen-bond donors (Lipinski definition) is 2. The highest BCUT2D eigenvalue weighted by atomic mass is 127. The summed E-state index contributed by atoms with van der Waals surface area (Å²) in [6, 6.07) is 4.83. The lowest BCUT2D eigenvalue weighted by atomic mass is 9.96. The van der Waals surface area contributed by atoms with E-state index in [1.807, 2.05) is 6.07 Å². The van der Waals surface area contributed by atoms with Gasteiger partial charge in [-0.3, -0.25) is 24.8 Å². The van der Waals surface area contributed by atoms with Crippen LogP contribution in [0.2, 0.25) is 0 Å². The molecule has 1 amide bonds. The molecule has 17 heteroatoms. The molecule has 42 heavy (non-hydrogen) atoms. The average molecular weight is 944 g/mol. The van der Waals surface area contributed by atoms with Gasteiger partial charge in [-0.25, -0.2) is 9.59 Å². The van der Waals surface area contributed by atoms with Crippen LogP contribution in [0.3, 0.4) is 0 Å². The molecular weight excluding hydrogens is 917 g/mol. The zero-order chi connectivity index (χ0) is 32.0. The molecule has 0 heterocycles. The number of carbonyl (C=O) groups excluding carboxylic acids is 3. The normalized spacial score (nSPS) is 12.3. The van der Waals surface area contributed by atoms with E-state index in [2.05, 4.69) is 73.1 Å². The van der Waals surface area contributed by atoms with Gasteiger partial charge in [0, 0.05) is 22.8 Å². The summed E-state index contributed by atoms with van der Waals surface area (Å²) in [6.07, 6.45) is -0.158. The summed E-state index contributed by atoms with van der Waals surface area (Å²) in [5, 5.41) is 14.3. The summed E-state index contributed by atoms with van der Waals surface area (Å²) in [5.41, 5.74) is -0.251. The van der Waals surface area contributed by atoms with Crippen LogP contribution in [0.4, 0.5) is 16.2 Å². The maximum Gasteiger partial charge on any atom is 0.412 e. The number of carbonyl (C=O) groups is 3. The Morgan fingerprint density at radius 2 is 1.76 bits per heavy atom. The van der Waals surface area contributed by atoms with Crippen molar-refractivity contribution in [2.45, 2.75) is 46.1 Å². The summed E-state index contributed by atoms with van der Waals surface area (Å²) in [5.74, 6) is -3.91. The van der Waals surface area contributed by atoms with Crippen LogP contribution in [-0.2, 0) is 30.8 Å². The van der Waals surface area contributed by atoms with Gasteiger partial charge in [-0.05, 0) is 119 Å². The van der Waals surface area contributed by atoms with Crippen molar-refractivity contribution in [2.24, 2.45) is 5.92 Å². The number of amides is 1. The van der Waals surface area contributed by atoms with Gasteiger partial charge >= 0.3 is 23.7 Å². The van der Waals surface area contributed by atoms with Crippen LogP contribution in [0.15, 0.2) is 24.3 Å². The lowest BCUT2D eigenvalue weighted by Gasteiger charge is -2.22. The predicted octanol–water partition coefficient (Wildman–Crippen LogP) is 5.97. The zero-order valence-corrected chi connectivity index (χ0v) is 30.0. The quantitative estimate of drug-likeness (QED) is 0.0675. The van der Waals surface area contributed by atoms with Crippen molar-refractivity contribution in [3.8, 4) is 5.75 Å². The van der Waals surface area contributed by atoms with Gasteiger partial charge in [0.05, 0.1) is 22.1 Å². The van der Waals surface area contributed by atoms with Crippen LogP contribution in [0.5, 0.6) is 5.75 Å². The number of benzene rings is 2. The molecule has 0 aliphatic heterocycles. The van der Waals surface area contributed by atoms with Crippen molar-refractivity contribution in [3.63, 3.8) is 0 Å². The standard InChI is InChI=1S/C25H27I3N2O11S/c1-5-13(10-15-16(26)12-17(27)21(20(15)28)29-24(33)41-25(2,3)4)23(32)40-19-11-14(6-7-18(19)30(34)35)22(31)39-8-9-42(36,37)38/h6-7,11-13H,5,8-10H2,1-4H3,(H,29,33)(H,36,37,38). The summed E-state index contributed by atoms with van der Waals surface area (Å²) in [4.78, 5) is 48.8. The highest BCUT2D eigenvalue weighted by molar-refractivity contribution is 14.1. The topological polar surface area (TPSA) is 188 Å². The number of rotatable bonds is 11. The van der Waals surface area contributed by atoms with Crippen molar-refractivity contribution in [1.82, 2.24) is 0 Å². The van der Waals surface area contributed by atoms with Crippen LogP contribution >= 0.6 is 67.8 Å². The third-order valence-corrected chi connectivity index (χ3v) is 9.03. The second-order valence-electron chi connectivity index (χ2n) is 9.73. The maximum absolute atomic E-state index is 13.2. The Balaban J connectivity index is 2.32. The van der Waals surface area contributed by atoms with Crippen molar-refractivity contribution in [3.05, 3.63) is 56.2 Å². The first-order valence-corrected chi connectivity index (χ1v) is 17.0. The molecule has 2 aromatic carbocycles. The molecule has 2 rings (SSSR count). The molecule has 0 aromatic heterocycles. The van der Waals surface area contributed by atoms with Crippen LogP contribution in [0.25, 0.3) is 0 Å². The molecule has 13 nitrogen and oxygen atoms in total. The molecule has 2 aromatic rings. The molecule has 1 atom stereocenters. The third-order valence-electron chi connectivity index (χ3n) is 5.34. The van der Waals surface area contributed by atoms with E-state index in [0.29, 0.717) is 15.7 Å². The van der Waals surface area contributed by atoms with Gasteiger partial charge in [0.2, 0.25) is 5.75 Å². The number of nitrogens with one attached hydrogen (secondary N) is 1. The molecule has 230 valence electrons. The Kier molecular flexibility index (Phi) is 13.2. The van der Waals surface area contributed by atoms with Crippen LogP contribution < -0.4 is 10.1 Å². The SMILES string of the molecule is CCC(Cc1c(I)cc(I)c(NC(=O)OC(C)(C)C)c1I)C(=O)Oc1cc(C(=O)OCCS(=O)(=O)O)ccc1[N+](=O)[O-]. The minimum absolute atomic E-state index is 0.178. The van der Waals surface area contributed by atoms with E-state index in [1.165, 1.54) is 0 Å². The fourth-order valence-corrected chi connectivity index (χ4v) is 7.74. The molecule has 0 aliphatic carbocycles. The Morgan fingerprint density at radius 3 is 2.31 bits per heavy atom. The Bertz CT molecular complexity index is 1490. The van der Waals surface area contributed by atoms with E-state index in [0.717, 1.165) is 30.9 Å². The van der Waals surface area contributed by atoms with Gasteiger partial charge in [0.1, 0.15) is 18.0 Å². The Labute approximate surface area is 283 Å². The highest BCUT2D eigenvalue weighted by Crippen LogP contribution is 2.35. The van der Waals surface area contributed by atoms with Crippen molar-refractivity contribution in [2.75, 3.05) is 17.7 Å². The summed E-state index contributed by atoms with van der Waals surface area (Å²) in [6.45, 7) is 6.32. The molecule has 0 bridgehead atoms. The average Bonchev–Trinajstić information content (AvgIpc) is 2.84. The molecular formula is C25H27I3N2O11S. The zero-order valence-electron chi connectivity index (χ0n) is 22.7. The Hall–Kier alpha value is -1.85. The van der Waals surface area contributed by atoms with Gasteiger partial charge in [0.15, 0.2) is 0 Å². The van der Waals surface area contributed by atoms with E-state index >= 15 is 0 Å². The van der Waals surface area contributed by atoms with E-state index < -0.39 is 68.4 Å². The Morgan fingerprint density at radius 1 is 1.12 bits per heavy atom. The first kappa shape index (κ1) is 36.3. The summed E-state index contributed by atoms with van der Waals surface area (Å²) >= 11 is 6.28. The lowest BCUT2D eigenvalue weighted by molar-refractivity contribution is -0.385. The fraction of sp³-hybridized carbons (Fsp3) is 0.400. The van der Waals surface area contributed by atoms with Crippen molar-refractivity contribution in [1.29, 1.82) is 0 Å². The number of nitro benzene ring substituents is 1. The maximum atomic E-state index is 13.2. The molecule has 0 fully saturated rings. The smallest absolute Gasteiger partial charge is 0.412 e. The molecule has 0 saturated heterocycles. The number of nitro groups is 1. The van der Waals surface area contributed by atoms with Crippen molar-refractivity contribution >= 4 is 107 Å².